The lowest BCUT2D eigenvalue weighted by molar-refractivity contribution is 0.145. The molecular weight excluding hydrogens is 296 g/mol. The van der Waals surface area contributed by atoms with E-state index in [0.717, 1.165) is 50.7 Å². The van der Waals surface area contributed by atoms with Crippen molar-refractivity contribution in [1.29, 1.82) is 0 Å². The highest BCUT2D eigenvalue weighted by atomic mass is 16.3. The van der Waals surface area contributed by atoms with E-state index in [4.69, 9.17) is 0 Å². The van der Waals surface area contributed by atoms with Crippen LogP contribution < -0.4 is 15.1 Å². The Labute approximate surface area is 135 Å². The van der Waals surface area contributed by atoms with Crippen LogP contribution in [0.5, 0.6) is 0 Å². The van der Waals surface area contributed by atoms with Crippen LogP contribution in [0.15, 0.2) is 12.4 Å². The number of rotatable bonds is 2. The standard InChI is InChI=1S/C15H22N6O2/c1-19-14(23)16-7-15(19)8-21(9-15)13-6-12(17-10-18-13)20-4-2-11(22)3-5-20/h6,10-11,22H,2-5,7-9H2,1H3,(H,16,23). The second-order valence-corrected chi connectivity index (χ2v) is 6.75. The Morgan fingerprint density at radius 3 is 2.48 bits per heavy atom. The SMILES string of the molecule is CN1C(=O)NCC12CN(c1cc(N3CCC(O)CC3)ncn1)C2. The summed E-state index contributed by atoms with van der Waals surface area (Å²) in [7, 11) is 1.85. The van der Waals surface area contributed by atoms with Crippen molar-refractivity contribution in [2.24, 2.45) is 0 Å². The molecule has 4 heterocycles. The first-order valence-corrected chi connectivity index (χ1v) is 8.09. The molecule has 3 aliphatic heterocycles. The number of aliphatic hydroxyl groups is 1. The largest absolute Gasteiger partial charge is 0.393 e. The zero-order valence-electron chi connectivity index (χ0n) is 13.3. The summed E-state index contributed by atoms with van der Waals surface area (Å²) in [4.78, 5) is 26.6. The molecule has 2 N–H and O–H groups in total. The summed E-state index contributed by atoms with van der Waals surface area (Å²) >= 11 is 0. The summed E-state index contributed by atoms with van der Waals surface area (Å²) in [5.74, 6) is 1.82. The topological polar surface area (TPSA) is 84.8 Å². The quantitative estimate of drug-likeness (QED) is 0.775. The van der Waals surface area contributed by atoms with Gasteiger partial charge in [-0.25, -0.2) is 14.8 Å². The van der Waals surface area contributed by atoms with Gasteiger partial charge in [-0.3, -0.25) is 0 Å². The van der Waals surface area contributed by atoms with Crippen LogP contribution in [0.1, 0.15) is 12.8 Å². The number of hydrogen-bond donors (Lipinski definition) is 2. The minimum atomic E-state index is -0.189. The number of carbonyl (C=O) groups is 1. The van der Waals surface area contributed by atoms with Crippen LogP contribution in [0.2, 0.25) is 0 Å². The summed E-state index contributed by atoms with van der Waals surface area (Å²) in [6.45, 7) is 3.92. The van der Waals surface area contributed by atoms with E-state index in [0.29, 0.717) is 6.54 Å². The Morgan fingerprint density at radius 1 is 1.22 bits per heavy atom. The molecule has 8 heteroatoms. The zero-order chi connectivity index (χ0) is 16.0. The average Bonchev–Trinajstić information content (AvgIpc) is 2.83. The van der Waals surface area contributed by atoms with E-state index >= 15 is 0 Å². The van der Waals surface area contributed by atoms with Gasteiger partial charge < -0.3 is 25.1 Å². The molecule has 4 rings (SSSR count). The molecule has 8 nitrogen and oxygen atoms in total. The second-order valence-electron chi connectivity index (χ2n) is 6.75. The molecule has 0 unspecified atom stereocenters. The molecule has 0 aliphatic carbocycles. The lowest BCUT2D eigenvalue weighted by Gasteiger charge is -2.51. The molecule has 23 heavy (non-hydrogen) atoms. The van der Waals surface area contributed by atoms with Gasteiger partial charge in [0.1, 0.15) is 18.0 Å². The average molecular weight is 318 g/mol. The molecule has 0 bridgehead atoms. The van der Waals surface area contributed by atoms with E-state index in [1.807, 2.05) is 13.1 Å². The monoisotopic (exact) mass is 318 g/mol. The fraction of sp³-hybridized carbons (Fsp3) is 0.667. The maximum atomic E-state index is 11.7. The van der Waals surface area contributed by atoms with E-state index < -0.39 is 0 Å². The number of urea groups is 1. The van der Waals surface area contributed by atoms with Crippen LogP contribution in [-0.2, 0) is 0 Å². The summed E-state index contributed by atoms with van der Waals surface area (Å²) in [5.41, 5.74) is -0.0998. The highest BCUT2D eigenvalue weighted by Gasteiger charge is 2.52. The number of hydrogen-bond acceptors (Lipinski definition) is 6. The number of nitrogens with one attached hydrogen (secondary N) is 1. The van der Waals surface area contributed by atoms with Crippen molar-refractivity contribution in [2.45, 2.75) is 24.5 Å². The van der Waals surface area contributed by atoms with Gasteiger partial charge in [-0.15, -0.1) is 0 Å². The van der Waals surface area contributed by atoms with Gasteiger partial charge in [-0.05, 0) is 12.8 Å². The fourth-order valence-corrected chi connectivity index (χ4v) is 3.62. The maximum Gasteiger partial charge on any atom is 0.317 e. The van der Waals surface area contributed by atoms with E-state index in [1.165, 1.54) is 0 Å². The van der Waals surface area contributed by atoms with Gasteiger partial charge in [-0.2, -0.15) is 0 Å². The lowest BCUT2D eigenvalue weighted by Crippen LogP contribution is -2.69. The van der Waals surface area contributed by atoms with E-state index in [-0.39, 0.29) is 17.7 Å². The number of aromatic nitrogens is 2. The van der Waals surface area contributed by atoms with Crippen LogP contribution in [0, 0.1) is 0 Å². The van der Waals surface area contributed by atoms with Crippen LogP contribution in [0.25, 0.3) is 0 Å². The van der Waals surface area contributed by atoms with Gasteiger partial charge in [0, 0.05) is 45.8 Å². The number of carbonyl (C=O) groups excluding carboxylic acids is 1. The van der Waals surface area contributed by atoms with E-state index in [2.05, 4.69) is 25.1 Å². The molecule has 0 atom stereocenters. The summed E-state index contributed by atoms with van der Waals surface area (Å²) < 4.78 is 0. The molecule has 3 saturated heterocycles. The first-order chi connectivity index (χ1) is 11.1. The van der Waals surface area contributed by atoms with Crippen molar-refractivity contribution in [3.8, 4) is 0 Å². The first-order valence-electron chi connectivity index (χ1n) is 8.09. The number of likely N-dealkylation sites (N-methyl/N-ethyl adjacent to an activating group) is 1. The van der Waals surface area contributed by atoms with Gasteiger partial charge in [0.2, 0.25) is 0 Å². The fourth-order valence-electron chi connectivity index (χ4n) is 3.62. The molecule has 1 aromatic heterocycles. The van der Waals surface area contributed by atoms with E-state index in [1.54, 1.807) is 11.2 Å². The number of aliphatic hydroxyl groups excluding tert-OH is 1. The summed E-state index contributed by atoms with van der Waals surface area (Å²) in [6.07, 6.45) is 2.98. The van der Waals surface area contributed by atoms with Gasteiger partial charge in [0.05, 0.1) is 11.6 Å². The summed E-state index contributed by atoms with van der Waals surface area (Å²) in [6, 6.07) is 2.01. The molecule has 124 valence electrons. The highest BCUT2D eigenvalue weighted by molar-refractivity contribution is 5.78. The first kappa shape index (κ1) is 14.5. The minimum Gasteiger partial charge on any atom is -0.393 e. The second kappa shape index (κ2) is 5.23. The molecule has 1 spiro atoms. The van der Waals surface area contributed by atoms with Crippen molar-refractivity contribution < 1.29 is 9.90 Å². The molecule has 0 radical (unpaired) electrons. The van der Waals surface area contributed by atoms with Crippen molar-refractivity contribution >= 4 is 17.7 Å². The predicted octanol–water partition coefficient (Wildman–Crippen LogP) is -0.349. The number of nitrogens with zero attached hydrogens (tertiary/aromatic N) is 5. The Morgan fingerprint density at radius 2 is 1.87 bits per heavy atom. The smallest absolute Gasteiger partial charge is 0.317 e. The number of anilines is 2. The lowest BCUT2D eigenvalue weighted by atomic mass is 9.89. The predicted molar refractivity (Wildman–Crippen MR) is 85.6 cm³/mol. The maximum absolute atomic E-state index is 11.7. The Bertz CT molecular complexity index is 610. The van der Waals surface area contributed by atoms with E-state index in [9.17, 15) is 9.90 Å². The summed E-state index contributed by atoms with van der Waals surface area (Å²) in [5, 5.41) is 12.5. The normalized spacial score (nSPS) is 24.1. The van der Waals surface area contributed by atoms with Crippen molar-refractivity contribution in [3.05, 3.63) is 12.4 Å². The Balaban J connectivity index is 1.45. The molecular formula is C15H22N6O2. The molecule has 2 amide bonds. The van der Waals surface area contributed by atoms with Crippen LogP contribution in [-0.4, -0.2) is 77.4 Å². The number of amides is 2. The zero-order valence-corrected chi connectivity index (χ0v) is 13.3. The molecule has 3 aliphatic rings. The van der Waals surface area contributed by atoms with Crippen molar-refractivity contribution in [3.63, 3.8) is 0 Å². The minimum absolute atomic E-state index is 0.0000917. The highest BCUT2D eigenvalue weighted by Crippen LogP contribution is 2.33. The van der Waals surface area contributed by atoms with Crippen molar-refractivity contribution in [1.82, 2.24) is 20.2 Å². The molecule has 0 saturated carbocycles. The van der Waals surface area contributed by atoms with Gasteiger partial charge >= 0.3 is 6.03 Å². The van der Waals surface area contributed by atoms with Crippen LogP contribution in [0.4, 0.5) is 16.4 Å². The third-order valence-corrected chi connectivity index (χ3v) is 5.31. The molecule has 3 fully saturated rings. The third kappa shape index (κ3) is 2.37. The van der Waals surface area contributed by atoms with Crippen molar-refractivity contribution in [2.75, 3.05) is 49.6 Å². The Hall–Kier alpha value is -2.09. The third-order valence-electron chi connectivity index (χ3n) is 5.31. The van der Waals surface area contributed by atoms with Crippen LogP contribution >= 0.6 is 0 Å². The van der Waals surface area contributed by atoms with Gasteiger partial charge in [0.25, 0.3) is 0 Å². The van der Waals surface area contributed by atoms with Gasteiger partial charge in [0.15, 0.2) is 0 Å². The van der Waals surface area contributed by atoms with Crippen LogP contribution in [0.3, 0.4) is 0 Å². The van der Waals surface area contributed by atoms with Gasteiger partial charge in [-0.1, -0.05) is 0 Å². The molecule has 0 aromatic carbocycles. The molecule has 1 aromatic rings. The Kier molecular flexibility index (Phi) is 3.29. The number of piperidine rings is 1.